The van der Waals surface area contributed by atoms with Crippen molar-refractivity contribution in [2.75, 3.05) is 11.1 Å². The van der Waals surface area contributed by atoms with Gasteiger partial charge in [-0.05, 0) is 48.4 Å². The molecule has 1 aliphatic rings. The number of allylic oxidation sites excluding steroid dienone is 4. The molecular formula is C21H20Cl2N6O. The maximum absolute atomic E-state index is 6.88. The normalized spacial score (nSPS) is 18.8. The summed E-state index contributed by atoms with van der Waals surface area (Å²) in [4.78, 5) is 7.58. The number of hydrogen-bond acceptors (Lipinski definition) is 6. The van der Waals surface area contributed by atoms with Crippen molar-refractivity contribution in [3.8, 4) is 5.75 Å². The molecule has 30 heavy (non-hydrogen) atoms. The van der Waals surface area contributed by atoms with E-state index in [0.29, 0.717) is 24.0 Å². The first-order valence-electron chi connectivity index (χ1n) is 9.28. The van der Waals surface area contributed by atoms with Gasteiger partial charge in [-0.15, -0.1) is 16.7 Å². The van der Waals surface area contributed by atoms with Gasteiger partial charge in [-0.3, -0.25) is 4.98 Å². The summed E-state index contributed by atoms with van der Waals surface area (Å²) in [5.74, 6) is 1.34. The summed E-state index contributed by atoms with van der Waals surface area (Å²) in [6.07, 6.45) is 4.10. The van der Waals surface area contributed by atoms with Gasteiger partial charge in [0.05, 0.1) is 10.6 Å². The number of rotatable bonds is 6. The molecule has 0 aliphatic heterocycles. The molecule has 9 heteroatoms. The Kier molecular flexibility index (Phi) is 5.65. The predicted octanol–water partition coefficient (Wildman–Crippen LogP) is 4.71. The minimum Gasteiger partial charge on any atom is -0.487 e. The molecular weight excluding hydrogens is 423 g/mol. The highest BCUT2D eigenvalue weighted by atomic mass is 35.5. The van der Waals surface area contributed by atoms with Gasteiger partial charge in [0.15, 0.2) is 0 Å². The van der Waals surface area contributed by atoms with E-state index in [-0.39, 0.29) is 5.95 Å². The number of pyridine rings is 1. The van der Waals surface area contributed by atoms with Gasteiger partial charge >= 0.3 is 0 Å². The summed E-state index contributed by atoms with van der Waals surface area (Å²) in [5, 5.41) is 10.2. The van der Waals surface area contributed by atoms with Crippen LogP contribution in [0, 0.1) is 0 Å². The van der Waals surface area contributed by atoms with Gasteiger partial charge < -0.3 is 15.8 Å². The molecule has 7 nitrogen and oxygen atoms in total. The van der Waals surface area contributed by atoms with Crippen LogP contribution in [-0.4, -0.2) is 25.0 Å². The Bertz CT molecular complexity index is 1090. The van der Waals surface area contributed by atoms with Crippen LogP contribution in [0.2, 0.25) is 0 Å². The van der Waals surface area contributed by atoms with Crippen molar-refractivity contribution >= 4 is 40.7 Å². The lowest BCUT2D eigenvalue weighted by atomic mass is 9.85. The first kappa shape index (κ1) is 20.3. The quantitative estimate of drug-likeness (QED) is 0.477. The number of ether oxygens (including phenoxy) is 1. The molecule has 0 saturated heterocycles. The third-order valence-corrected chi connectivity index (χ3v) is 5.24. The maximum atomic E-state index is 6.88. The summed E-state index contributed by atoms with van der Waals surface area (Å²) in [7, 11) is 0. The summed E-state index contributed by atoms with van der Waals surface area (Å²) in [5.41, 5.74) is 9.01. The lowest BCUT2D eigenvalue weighted by molar-refractivity contribution is 0.301. The molecule has 154 valence electrons. The van der Waals surface area contributed by atoms with Crippen LogP contribution in [0.4, 0.5) is 11.9 Å². The van der Waals surface area contributed by atoms with E-state index in [9.17, 15) is 0 Å². The van der Waals surface area contributed by atoms with Crippen molar-refractivity contribution < 1.29 is 4.74 Å². The predicted molar refractivity (Wildman–Crippen MR) is 119 cm³/mol. The van der Waals surface area contributed by atoms with E-state index in [0.717, 1.165) is 28.3 Å². The summed E-state index contributed by atoms with van der Waals surface area (Å²) >= 11 is 13.5. The summed E-state index contributed by atoms with van der Waals surface area (Å²) in [6, 6.07) is 13.4. The highest BCUT2D eigenvalue weighted by Crippen LogP contribution is 2.45. The fourth-order valence-electron chi connectivity index (χ4n) is 3.32. The van der Waals surface area contributed by atoms with Crippen LogP contribution in [0.25, 0.3) is 5.57 Å². The lowest BCUT2D eigenvalue weighted by Crippen LogP contribution is -2.25. The lowest BCUT2D eigenvalue weighted by Gasteiger charge is -2.31. The summed E-state index contributed by atoms with van der Waals surface area (Å²) in [6.45, 7) is 2.33. The van der Waals surface area contributed by atoms with Gasteiger partial charge in [0.2, 0.25) is 11.9 Å². The van der Waals surface area contributed by atoms with Crippen molar-refractivity contribution in [1.82, 2.24) is 20.2 Å². The number of alkyl halides is 1. The molecule has 0 fully saturated rings. The molecule has 2 aromatic heterocycles. The molecule has 0 radical (unpaired) electrons. The maximum Gasteiger partial charge on any atom is 0.247 e. The zero-order valence-corrected chi connectivity index (χ0v) is 17.7. The minimum atomic E-state index is -0.716. The number of aromatic amines is 1. The third kappa shape index (κ3) is 4.58. The number of hydrogen-bond donors (Lipinski definition) is 3. The van der Waals surface area contributed by atoms with E-state index in [1.54, 1.807) is 6.20 Å². The average Bonchev–Trinajstić information content (AvgIpc) is 3.11. The monoisotopic (exact) mass is 442 g/mol. The number of benzene rings is 1. The van der Waals surface area contributed by atoms with E-state index >= 15 is 0 Å². The van der Waals surface area contributed by atoms with E-state index in [2.05, 4.69) is 25.5 Å². The van der Waals surface area contributed by atoms with E-state index in [1.807, 2.05) is 55.5 Å². The van der Waals surface area contributed by atoms with Crippen molar-refractivity contribution in [1.29, 1.82) is 0 Å². The number of anilines is 2. The molecule has 1 unspecified atom stereocenters. The minimum absolute atomic E-state index is 0.232. The molecule has 1 aromatic carbocycles. The van der Waals surface area contributed by atoms with Crippen LogP contribution in [0.5, 0.6) is 5.75 Å². The van der Waals surface area contributed by atoms with Gasteiger partial charge in [-0.1, -0.05) is 29.8 Å². The standard InChI is InChI=1S/C21H20Cl2N6O/c1-21(23)11-15(26-20-27-19(24)28-29-20)10-17(22)18(21)13-5-7-16(8-6-13)30-12-14-4-2-3-9-25-14/h2-10H,11-12H2,1H3,(H4,24,26,27,28,29). The smallest absolute Gasteiger partial charge is 0.247 e. The second-order valence-corrected chi connectivity index (χ2v) is 8.31. The second kappa shape index (κ2) is 8.38. The van der Waals surface area contributed by atoms with Gasteiger partial charge in [-0.25, -0.2) is 5.10 Å². The molecule has 0 spiro atoms. The fraction of sp³-hybridized carbons (Fsp3) is 0.190. The number of H-pyrrole nitrogens is 1. The Hall–Kier alpha value is -3.03. The van der Waals surface area contributed by atoms with Gasteiger partial charge in [-0.2, -0.15) is 4.98 Å². The first-order chi connectivity index (χ1) is 14.4. The SMILES string of the molecule is CC1(Cl)CC(Nc2n[nH]c(N)n2)=CC(Cl)=C1c1ccc(OCc2ccccn2)cc1. The van der Waals surface area contributed by atoms with E-state index < -0.39 is 4.87 Å². The largest absolute Gasteiger partial charge is 0.487 e. The molecule has 0 amide bonds. The van der Waals surface area contributed by atoms with Crippen molar-refractivity contribution in [2.24, 2.45) is 0 Å². The molecule has 1 atom stereocenters. The number of nitrogens with two attached hydrogens (primary N) is 1. The zero-order valence-electron chi connectivity index (χ0n) is 16.2. The van der Waals surface area contributed by atoms with Gasteiger partial charge in [0, 0.05) is 23.3 Å². The number of aromatic nitrogens is 4. The Balaban J connectivity index is 1.52. The Morgan fingerprint density at radius 3 is 2.67 bits per heavy atom. The van der Waals surface area contributed by atoms with Crippen LogP contribution in [0.3, 0.4) is 0 Å². The second-order valence-electron chi connectivity index (χ2n) is 7.07. The van der Waals surface area contributed by atoms with E-state index in [1.165, 1.54) is 0 Å². The molecule has 2 heterocycles. The topological polar surface area (TPSA) is 102 Å². The molecule has 3 aromatic rings. The Labute approximate surface area is 184 Å². The van der Waals surface area contributed by atoms with Crippen molar-refractivity contribution in [3.05, 3.63) is 76.7 Å². The Morgan fingerprint density at radius 1 is 1.23 bits per heavy atom. The van der Waals surface area contributed by atoms with E-state index in [4.69, 9.17) is 33.7 Å². The highest BCUT2D eigenvalue weighted by molar-refractivity contribution is 6.39. The van der Waals surface area contributed by atoms with Crippen LogP contribution in [-0.2, 0) is 6.61 Å². The molecule has 0 bridgehead atoms. The van der Waals surface area contributed by atoms with Gasteiger partial charge in [0.25, 0.3) is 0 Å². The number of halogens is 2. The molecule has 4 rings (SSSR count). The van der Waals surface area contributed by atoms with Crippen LogP contribution in [0.15, 0.2) is 65.5 Å². The van der Waals surface area contributed by atoms with Crippen LogP contribution >= 0.6 is 23.2 Å². The molecule has 1 aliphatic carbocycles. The average molecular weight is 443 g/mol. The van der Waals surface area contributed by atoms with Crippen LogP contribution in [0.1, 0.15) is 24.6 Å². The Morgan fingerprint density at radius 2 is 2.03 bits per heavy atom. The van der Waals surface area contributed by atoms with Crippen LogP contribution < -0.4 is 15.8 Å². The van der Waals surface area contributed by atoms with Crippen molar-refractivity contribution in [3.63, 3.8) is 0 Å². The highest BCUT2D eigenvalue weighted by Gasteiger charge is 2.34. The molecule has 0 saturated carbocycles. The molecule has 4 N–H and O–H groups in total. The number of nitrogens with zero attached hydrogens (tertiary/aromatic N) is 3. The first-order valence-corrected chi connectivity index (χ1v) is 10.0. The van der Waals surface area contributed by atoms with Gasteiger partial charge in [0.1, 0.15) is 12.4 Å². The number of nitrogens with one attached hydrogen (secondary N) is 2. The zero-order chi connectivity index (χ0) is 21.1. The number of nitrogen functional groups attached to an aromatic ring is 1. The fourth-order valence-corrected chi connectivity index (χ4v) is 4.18. The summed E-state index contributed by atoms with van der Waals surface area (Å²) < 4.78 is 5.81. The third-order valence-electron chi connectivity index (χ3n) is 4.61. The van der Waals surface area contributed by atoms with Crippen molar-refractivity contribution in [2.45, 2.75) is 24.8 Å².